The monoisotopic (exact) mass is 412 g/mol. The predicted molar refractivity (Wildman–Crippen MR) is 106 cm³/mol. The number of ether oxygens (including phenoxy) is 2. The molecular formula is C20H14Cl2N4O2. The van der Waals surface area contributed by atoms with Crippen LogP contribution in [0.5, 0.6) is 11.6 Å². The Morgan fingerprint density at radius 3 is 2.64 bits per heavy atom. The summed E-state index contributed by atoms with van der Waals surface area (Å²) in [4.78, 5) is 0. The van der Waals surface area contributed by atoms with Crippen LogP contribution in [0.3, 0.4) is 0 Å². The second kappa shape index (κ2) is 7.12. The van der Waals surface area contributed by atoms with E-state index in [4.69, 9.17) is 38.4 Å². The summed E-state index contributed by atoms with van der Waals surface area (Å²) >= 11 is 12.7. The molecule has 2 aromatic carbocycles. The average molecular weight is 413 g/mol. The van der Waals surface area contributed by atoms with Gasteiger partial charge in [-0.1, -0.05) is 35.3 Å². The van der Waals surface area contributed by atoms with E-state index < -0.39 is 5.92 Å². The molecule has 0 fully saturated rings. The Morgan fingerprint density at radius 2 is 1.96 bits per heavy atom. The summed E-state index contributed by atoms with van der Waals surface area (Å²) < 4.78 is 10.8. The molecule has 8 heteroatoms. The van der Waals surface area contributed by atoms with Crippen molar-refractivity contribution < 1.29 is 9.47 Å². The van der Waals surface area contributed by atoms with Crippen molar-refractivity contribution in [1.82, 2.24) is 10.2 Å². The fourth-order valence-electron chi connectivity index (χ4n) is 3.28. The first-order valence-electron chi connectivity index (χ1n) is 8.29. The molecule has 4 rings (SSSR count). The van der Waals surface area contributed by atoms with Gasteiger partial charge < -0.3 is 15.2 Å². The standard InChI is InChI=1S/C20H14Cl2N4O2/c1-27-11-7-5-10(6-8-11)18-16-15(12-3-2-4-14(21)17(12)22)13(9-23)19(24)28-20(16)26-25-18/h2-8,15H,24H2,1H3,(H,25,26). The second-order valence-electron chi connectivity index (χ2n) is 6.11. The number of nitrogens with one attached hydrogen (secondary N) is 1. The molecule has 1 aliphatic heterocycles. The fraction of sp³-hybridized carbons (Fsp3) is 0.100. The Balaban J connectivity index is 1.95. The van der Waals surface area contributed by atoms with Crippen LogP contribution in [0.1, 0.15) is 17.0 Å². The van der Waals surface area contributed by atoms with Crippen molar-refractivity contribution in [2.75, 3.05) is 7.11 Å². The van der Waals surface area contributed by atoms with E-state index in [0.29, 0.717) is 32.7 Å². The molecule has 0 spiro atoms. The number of hydrogen-bond acceptors (Lipinski definition) is 5. The van der Waals surface area contributed by atoms with E-state index in [1.165, 1.54) is 0 Å². The van der Waals surface area contributed by atoms with E-state index in [-0.39, 0.29) is 11.5 Å². The van der Waals surface area contributed by atoms with Crippen LogP contribution in [-0.2, 0) is 0 Å². The predicted octanol–water partition coefficient (Wildman–Crippen LogP) is 4.61. The van der Waals surface area contributed by atoms with Crippen molar-refractivity contribution in [3.63, 3.8) is 0 Å². The summed E-state index contributed by atoms with van der Waals surface area (Å²) in [7, 11) is 1.60. The van der Waals surface area contributed by atoms with Gasteiger partial charge in [0.2, 0.25) is 11.8 Å². The number of methoxy groups -OCH3 is 1. The number of nitriles is 1. The Kier molecular flexibility index (Phi) is 4.63. The van der Waals surface area contributed by atoms with Gasteiger partial charge >= 0.3 is 0 Å². The Morgan fingerprint density at radius 1 is 1.21 bits per heavy atom. The topological polar surface area (TPSA) is 97.0 Å². The van der Waals surface area contributed by atoms with Crippen LogP contribution in [0.4, 0.5) is 0 Å². The highest BCUT2D eigenvalue weighted by atomic mass is 35.5. The normalized spacial score (nSPS) is 15.6. The van der Waals surface area contributed by atoms with Gasteiger partial charge in [-0.15, -0.1) is 5.10 Å². The fourth-order valence-corrected chi connectivity index (χ4v) is 3.69. The van der Waals surface area contributed by atoms with E-state index in [2.05, 4.69) is 16.3 Å². The Bertz CT molecular complexity index is 1130. The smallest absolute Gasteiger partial charge is 0.244 e. The highest BCUT2D eigenvalue weighted by molar-refractivity contribution is 6.42. The molecule has 0 saturated carbocycles. The van der Waals surface area contributed by atoms with Gasteiger partial charge in [-0.05, 0) is 35.9 Å². The lowest BCUT2D eigenvalue weighted by Crippen LogP contribution is -2.21. The number of nitrogens with two attached hydrogens (primary N) is 1. The molecule has 6 nitrogen and oxygen atoms in total. The summed E-state index contributed by atoms with van der Waals surface area (Å²) in [5.74, 6) is 0.438. The van der Waals surface area contributed by atoms with Gasteiger partial charge in [0.1, 0.15) is 17.4 Å². The molecule has 2 heterocycles. The molecule has 1 unspecified atom stereocenters. The van der Waals surface area contributed by atoms with E-state index in [9.17, 15) is 5.26 Å². The number of aromatic nitrogens is 2. The molecule has 3 N–H and O–H groups in total. The van der Waals surface area contributed by atoms with Gasteiger partial charge in [-0.25, -0.2) is 0 Å². The van der Waals surface area contributed by atoms with E-state index in [0.717, 1.165) is 11.3 Å². The number of fused-ring (bicyclic) bond motifs is 1. The second-order valence-corrected chi connectivity index (χ2v) is 6.90. The third-order valence-corrected chi connectivity index (χ3v) is 5.44. The third-order valence-electron chi connectivity index (χ3n) is 4.61. The highest BCUT2D eigenvalue weighted by Crippen LogP contribution is 2.48. The molecule has 0 saturated heterocycles. The zero-order chi connectivity index (χ0) is 19.8. The SMILES string of the molecule is COc1ccc(-c2[nH]nc3c2C(c2cccc(Cl)c2Cl)C(C#N)=C(N)O3)cc1. The summed E-state index contributed by atoms with van der Waals surface area (Å²) in [5, 5.41) is 17.7. The number of hydrogen-bond donors (Lipinski definition) is 2. The van der Waals surface area contributed by atoms with Crippen molar-refractivity contribution in [1.29, 1.82) is 5.26 Å². The zero-order valence-corrected chi connectivity index (χ0v) is 16.2. The van der Waals surface area contributed by atoms with Crippen molar-refractivity contribution >= 4 is 23.2 Å². The molecule has 0 radical (unpaired) electrons. The quantitative estimate of drug-likeness (QED) is 0.654. The molecule has 0 aliphatic carbocycles. The van der Waals surface area contributed by atoms with Crippen LogP contribution in [0.2, 0.25) is 10.0 Å². The van der Waals surface area contributed by atoms with Crippen LogP contribution in [-0.4, -0.2) is 17.3 Å². The molecule has 140 valence electrons. The number of rotatable bonds is 3. The van der Waals surface area contributed by atoms with Crippen molar-refractivity contribution in [3.05, 3.63) is 75.1 Å². The molecule has 0 bridgehead atoms. The summed E-state index contributed by atoms with van der Waals surface area (Å²) in [6, 6.07) is 14.9. The highest BCUT2D eigenvalue weighted by Gasteiger charge is 2.36. The van der Waals surface area contributed by atoms with Crippen LogP contribution in [0.15, 0.2) is 53.9 Å². The van der Waals surface area contributed by atoms with Crippen LogP contribution < -0.4 is 15.2 Å². The number of nitrogens with zero attached hydrogens (tertiary/aromatic N) is 2. The lowest BCUT2D eigenvalue weighted by atomic mass is 9.83. The zero-order valence-electron chi connectivity index (χ0n) is 14.7. The van der Waals surface area contributed by atoms with E-state index in [1.807, 2.05) is 30.3 Å². The van der Waals surface area contributed by atoms with Crippen LogP contribution in [0, 0.1) is 11.3 Å². The van der Waals surface area contributed by atoms with Gasteiger partial charge in [0.25, 0.3) is 0 Å². The molecule has 1 aromatic heterocycles. The van der Waals surface area contributed by atoms with E-state index >= 15 is 0 Å². The van der Waals surface area contributed by atoms with E-state index in [1.54, 1.807) is 19.2 Å². The van der Waals surface area contributed by atoms with Crippen molar-refractivity contribution in [2.24, 2.45) is 5.73 Å². The molecule has 3 aromatic rings. The first-order valence-corrected chi connectivity index (χ1v) is 9.05. The first-order chi connectivity index (χ1) is 13.5. The molecular weight excluding hydrogens is 399 g/mol. The van der Waals surface area contributed by atoms with Crippen LogP contribution in [0.25, 0.3) is 11.3 Å². The van der Waals surface area contributed by atoms with Crippen LogP contribution >= 0.6 is 23.2 Å². The summed E-state index contributed by atoms with van der Waals surface area (Å²) in [5.41, 5.74) is 9.09. The molecule has 28 heavy (non-hydrogen) atoms. The Labute approximate surface area is 171 Å². The lowest BCUT2D eigenvalue weighted by Gasteiger charge is -2.25. The third kappa shape index (κ3) is 2.85. The summed E-state index contributed by atoms with van der Waals surface area (Å²) in [6.07, 6.45) is 0. The lowest BCUT2D eigenvalue weighted by molar-refractivity contribution is 0.379. The average Bonchev–Trinajstić information content (AvgIpc) is 3.12. The van der Waals surface area contributed by atoms with Gasteiger partial charge in [0, 0.05) is 5.56 Å². The maximum absolute atomic E-state index is 9.76. The number of allylic oxidation sites excluding steroid dienone is 1. The number of aromatic amines is 1. The minimum atomic E-state index is -0.573. The summed E-state index contributed by atoms with van der Waals surface area (Å²) in [6.45, 7) is 0. The molecule has 1 atom stereocenters. The number of benzene rings is 2. The largest absolute Gasteiger partial charge is 0.497 e. The minimum Gasteiger partial charge on any atom is -0.497 e. The molecule has 1 aliphatic rings. The maximum Gasteiger partial charge on any atom is 0.244 e. The minimum absolute atomic E-state index is 0.0103. The van der Waals surface area contributed by atoms with Gasteiger partial charge in [0.05, 0.1) is 34.3 Å². The van der Waals surface area contributed by atoms with Crippen molar-refractivity contribution in [3.8, 4) is 29.0 Å². The first kappa shape index (κ1) is 18.2. The molecule has 0 amide bonds. The van der Waals surface area contributed by atoms with Gasteiger partial charge in [0.15, 0.2) is 0 Å². The Hall–Kier alpha value is -3.14. The van der Waals surface area contributed by atoms with Crippen molar-refractivity contribution in [2.45, 2.75) is 5.92 Å². The van der Waals surface area contributed by atoms with Gasteiger partial charge in [-0.3, -0.25) is 5.10 Å². The number of H-pyrrole nitrogens is 1. The number of halogens is 2. The maximum atomic E-state index is 9.76. The van der Waals surface area contributed by atoms with Gasteiger partial charge in [-0.2, -0.15) is 5.26 Å².